The van der Waals surface area contributed by atoms with Gasteiger partial charge in [0.05, 0.1) is 0 Å². The molecule has 0 unspecified atom stereocenters. The number of hydrogen-bond acceptors (Lipinski definition) is 3. The van der Waals surface area contributed by atoms with Gasteiger partial charge in [-0.05, 0) is 43.6 Å². The van der Waals surface area contributed by atoms with Crippen LogP contribution in [-0.2, 0) is 13.1 Å². The van der Waals surface area contributed by atoms with E-state index in [9.17, 15) is 0 Å². The van der Waals surface area contributed by atoms with E-state index in [-0.39, 0.29) is 24.8 Å². The fraction of sp³-hybridized carbons (Fsp3) is 0.571. The van der Waals surface area contributed by atoms with Gasteiger partial charge in [-0.3, -0.25) is 4.90 Å². The van der Waals surface area contributed by atoms with E-state index in [2.05, 4.69) is 28.4 Å². The highest BCUT2D eigenvalue weighted by molar-refractivity contribution is 5.85. The molecule has 0 radical (unpaired) electrons. The first kappa shape index (κ1) is 16.6. The number of benzene rings is 1. The second kappa shape index (κ2) is 7.95. The zero-order valence-corrected chi connectivity index (χ0v) is 12.7. The molecule has 0 saturated carbocycles. The minimum Gasteiger partial charge on any atom is -0.492 e. The molecule has 1 saturated heterocycles. The molecular formula is C14H22Cl2N2O. The highest BCUT2D eigenvalue weighted by atomic mass is 35.5. The molecule has 0 atom stereocenters. The fourth-order valence-electron chi connectivity index (χ4n) is 2.67. The number of likely N-dealkylation sites (tertiary alicyclic amines) is 1. The lowest BCUT2D eigenvalue weighted by Gasteiger charge is -2.16. The van der Waals surface area contributed by atoms with Crippen LogP contribution in [-0.4, -0.2) is 31.1 Å². The van der Waals surface area contributed by atoms with Crippen LogP contribution in [0.25, 0.3) is 0 Å². The van der Waals surface area contributed by atoms with E-state index in [1.165, 1.54) is 37.1 Å². The van der Waals surface area contributed by atoms with Crippen molar-refractivity contribution in [2.24, 2.45) is 0 Å². The summed E-state index contributed by atoms with van der Waals surface area (Å²) in [6.45, 7) is 6.25. The van der Waals surface area contributed by atoms with Gasteiger partial charge < -0.3 is 10.1 Å². The highest BCUT2D eigenvalue weighted by Crippen LogP contribution is 2.23. The van der Waals surface area contributed by atoms with Crippen molar-refractivity contribution in [3.8, 4) is 5.75 Å². The van der Waals surface area contributed by atoms with Crippen molar-refractivity contribution in [1.82, 2.24) is 10.2 Å². The standard InChI is InChI=1S/C14H20N2O.2ClH/c1-2-7-16(6-1)11-12-3-4-14-13(9-12)10-15-5-8-17-14;;/h3-4,9,15H,1-2,5-8,10-11H2;2*1H. The Bertz CT molecular complexity index is 395. The Balaban J connectivity index is 0.000000902. The van der Waals surface area contributed by atoms with Crippen LogP contribution in [0.2, 0.25) is 0 Å². The Labute approximate surface area is 127 Å². The summed E-state index contributed by atoms with van der Waals surface area (Å²) in [5.41, 5.74) is 2.72. The van der Waals surface area contributed by atoms with Crippen molar-refractivity contribution in [2.45, 2.75) is 25.9 Å². The number of nitrogens with one attached hydrogen (secondary N) is 1. The molecule has 0 amide bonds. The van der Waals surface area contributed by atoms with Gasteiger partial charge in [0.15, 0.2) is 0 Å². The molecule has 108 valence electrons. The van der Waals surface area contributed by atoms with Crippen molar-refractivity contribution in [2.75, 3.05) is 26.2 Å². The van der Waals surface area contributed by atoms with Crippen molar-refractivity contribution >= 4 is 24.8 Å². The molecule has 3 nitrogen and oxygen atoms in total. The summed E-state index contributed by atoms with van der Waals surface area (Å²) < 4.78 is 5.70. The Kier molecular flexibility index (Phi) is 6.94. The van der Waals surface area contributed by atoms with Crippen molar-refractivity contribution in [3.05, 3.63) is 29.3 Å². The van der Waals surface area contributed by atoms with Gasteiger partial charge in [0.1, 0.15) is 12.4 Å². The molecule has 2 aliphatic rings. The third-order valence-electron chi connectivity index (χ3n) is 3.58. The number of ether oxygens (including phenoxy) is 1. The number of nitrogens with zero attached hydrogens (tertiary/aromatic N) is 1. The van der Waals surface area contributed by atoms with Crippen LogP contribution in [0.15, 0.2) is 18.2 Å². The van der Waals surface area contributed by atoms with Gasteiger partial charge in [0.2, 0.25) is 0 Å². The molecule has 1 aromatic carbocycles. The molecule has 1 aromatic rings. The maximum atomic E-state index is 5.70. The van der Waals surface area contributed by atoms with E-state index >= 15 is 0 Å². The molecule has 0 aliphatic carbocycles. The maximum absolute atomic E-state index is 5.70. The van der Waals surface area contributed by atoms with E-state index in [1.54, 1.807) is 0 Å². The largest absolute Gasteiger partial charge is 0.492 e. The predicted octanol–water partition coefficient (Wildman–Crippen LogP) is 2.61. The average Bonchev–Trinajstić information content (AvgIpc) is 2.73. The van der Waals surface area contributed by atoms with Crippen LogP contribution in [0.5, 0.6) is 5.75 Å². The van der Waals surface area contributed by atoms with Crippen LogP contribution in [0.4, 0.5) is 0 Å². The Morgan fingerprint density at radius 2 is 1.95 bits per heavy atom. The number of hydrogen-bond donors (Lipinski definition) is 1. The Hall–Kier alpha value is -0.480. The lowest BCUT2D eigenvalue weighted by molar-refractivity contribution is 0.323. The minimum atomic E-state index is 0. The summed E-state index contributed by atoms with van der Waals surface area (Å²) >= 11 is 0. The normalized spacial score (nSPS) is 18.5. The second-order valence-electron chi connectivity index (χ2n) is 4.95. The van der Waals surface area contributed by atoms with Gasteiger partial charge in [0.25, 0.3) is 0 Å². The maximum Gasteiger partial charge on any atom is 0.123 e. The number of halogens is 2. The quantitative estimate of drug-likeness (QED) is 0.909. The van der Waals surface area contributed by atoms with E-state index in [0.29, 0.717) is 0 Å². The zero-order valence-electron chi connectivity index (χ0n) is 11.1. The van der Waals surface area contributed by atoms with E-state index < -0.39 is 0 Å². The van der Waals surface area contributed by atoms with Crippen LogP contribution in [0.3, 0.4) is 0 Å². The lowest BCUT2D eigenvalue weighted by atomic mass is 10.1. The lowest BCUT2D eigenvalue weighted by Crippen LogP contribution is -2.18. The predicted molar refractivity (Wildman–Crippen MR) is 82.7 cm³/mol. The second-order valence-corrected chi connectivity index (χ2v) is 4.95. The minimum absolute atomic E-state index is 0. The van der Waals surface area contributed by atoms with E-state index in [1.807, 2.05) is 0 Å². The van der Waals surface area contributed by atoms with Gasteiger partial charge >= 0.3 is 0 Å². The van der Waals surface area contributed by atoms with Gasteiger partial charge in [0, 0.05) is 25.2 Å². The molecule has 0 bridgehead atoms. The third kappa shape index (κ3) is 4.25. The van der Waals surface area contributed by atoms with Gasteiger partial charge in [-0.15, -0.1) is 24.8 Å². The first-order valence-corrected chi connectivity index (χ1v) is 6.59. The monoisotopic (exact) mass is 304 g/mol. The third-order valence-corrected chi connectivity index (χ3v) is 3.58. The molecule has 2 aliphatic heterocycles. The molecule has 19 heavy (non-hydrogen) atoms. The average molecular weight is 305 g/mol. The smallest absolute Gasteiger partial charge is 0.123 e. The summed E-state index contributed by atoms with van der Waals surface area (Å²) in [5.74, 6) is 1.06. The van der Waals surface area contributed by atoms with Gasteiger partial charge in [-0.2, -0.15) is 0 Å². The molecule has 0 aromatic heterocycles. The summed E-state index contributed by atoms with van der Waals surface area (Å²) in [6.07, 6.45) is 2.71. The fourth-order valence-corrected chi connectivity index (χ4v) is 2.67. The van der Waals surface area contributed by atoms with Crippen molar-refractivity contribution < 1.29 is 4.74 Å². The summed E-state index contributed by atoms with van der Waals surface area (Å²) in [5, 5.41) is 3.39. The van der Waals surface area contributed by atoms with Crippen LogP contribution >= 0.6 is 24.8 Å². The van der Waals surface area contributed by atoms with Crippen LogP contribution in [0, 0.1) is 0 Å². The molecule has 5 heteroatoms. The van der Waals surface area contributed by atoms with Gasteiger partial charge in [-0.1, -0.05) is 6.07 Å². The molecule has 0 spiro atoms. The van der Waals surface area contributed by atoms with Gasteiger partial charge in [-0.25, -0.2) is 0 Å². The first-order valence-electron chi connectivity index (χ1n) is 6.59. The molecule has 1 fully saturated rings. The zero-order chi connectivity index (χ0) is 11.5. The van der Waals surface area contributed by atoms with Crippen LogP contribution < -0.4 is 10.1 Å². The molecule has 1 N–H and O–H groups in total. The SMILES string of the molecule is Cl.Cl.c1cc2c(cc1CN1CCCC1)CNCCO2. The van der Waals surface area contributed by atoms with Crippen LogP contribution in [0.1, 0.15) is 24.0 Å². The van der Waals surface area contributed by atoms with Crippen molar-refractivity contribution in [3.63, 3.8) is 0 Å². The number of rotatable bonds is 2. The molecule has 2 heterocycles. The summed E-state index contributed by atoms with van der Waals surface area (Å²) in [7, 11) is 0. The summed E-state index contributed by atoms with van der Waals surface area (Å²) in [4.78, 5) is 2.53. The highest BCUT2D eigenvalue weighted by Gasteiger charge is 2.13. The molecular weight excluding hydrogens is 283 g/mol. The summed E-state index contributed by atoms with van der Waals surface area (Å²) in [6, 6.07) is 6.64. The van der Waals surface area contributed by atoms with Crippen molar-refractivity contribution in [1.29, 1.82) is 0 Å². The Morgan fingerprint density at radius 1 is 1.16 bits per heavy atom. The molecule has 3 rings (SSSR count). The topological polar surface area (TPSA) is 24.5 Å². The van der Waals surface area contributed by atoms with E-state index in [0.717, 1.165) is 32.0 Å². The number of fused-ring (bicyclic) bond motifs is 1. The van der Waals surface area contributed by atoms with E-state index in [4.69, 9.17) is 4.74 Å². The first-order chi connectivity index (χ1) is 8.42. The Morgan fingerprint density at radius 3 is 2.74 bits per heavy atom.